The molecule has 4 rings (SSSR count). The molecule has 0 saturated heterocycles. The topological polar surface area (TPSA) is 86.8 Å². The number of fused-ring (bicyclic) bond motifs is 1. The first-order valence-corrected chi connectivity index (χ1v) is 12.1. The number of hydrogen-bond acceptors (Lipinski definition) is 5. The van der Waals surface area contributed by atoms with Crippen molar-refractivity contribution in [1.82, 2.24) is 24.8 Å². The molecular weight excluding hydrogens is 467 g/mol. The molecule has 1 amide bonds. The van der Waals surface area contributed by atoms with E-state index in [1.807, 2.05) is 25.2 Å². The van der Waals surface area contributed by atoms with Gasteiger partial charge in [-0.15, -0.1) is 0 Å². The van der Waals surface area contributed by atoms with E-state index in [0.717, 1.165) is 31.1 Å². The highest BCUT2D eigenvalue weighted by atomic mass is 35.5. The lowest BCUT2D eigenvalue weighted by molar-refractivity contribution is -0.124. The number of aromatic amines is 1. The molecular formula is C26H28ClFN6O. The highest BCUT2D eigenvalue weighted by Gasteiger charge is 2.22. The summed E-state index contributed by atoms with van der Waals surface area (Å²) in [5.74, 6) is -0.0456. The van der Waals surface area contributed by atoms with Gasteiger partial charge in [0.1, 0.15) is 5.65 Å². The van der Waals surface area contributed by atoms with Gasteiger partial charge in [0.15, 0.2) is 17.5 Å². The first-order chi connectivity index (χ1) is 17.0. The fourth-order valence-corrected chi connectivity index (χ4v) is 4.36. The van der Waals surface area contributed by atoms with Crippen LogP contribution in [0, 0.1) is 5.82 Å². The van der Waals surface area contributed by atoms with E-state index >= 15 is 0 Å². The molecule has 9 heteroatoms. The third kappa shape index (κ3) is 5.77. The number of halogens is 2. The summed E-state index contributed by atoms with van der Waals surface area (Å²) in [4.78, 5) is 30.2. The molecule has 1 unspecified atom stereocenters. The van der Waals surface area contributed by atoms with Crippen LogP contribution in [0.25, 0.3) is 22.4 Å². The smallest absolute Gasteiger partial charge is 0.250 e. The zero-order chi connectivity index (χ0) is 24.8. The van der Waals surface area contributed by atoms with Crippen molar-refractivity contribution in [3.8, 4) is 11.4 Å². The van der Waals surface area contributed by atoms with Crippen LogP contribution in [0.15, 0.2) is 61.2 Å². The van der Waals surface area contributed by atoms with Crippen molar-refractivity contribution in [2.75, 3.05) is 5.32 Å². The maximum absolute atomic E-state index is 14.7. The molecule has 1 aliphatic heterocycles. The minimum atomic E-state index is -0.517. The summed E-state index contributed by atoms with van der Waals surface area (Å²) in [6.07, 6.45) is 18.6. The van der Waals surface area contributed by atoms with Gasteiger partial charge in [-0.3, -0.25) is 4.79 Å². The van der Waals surface area contributed by atoms with Crippen molar-refractivity contribution in [3.63, 3.8) is 0 Å². The number of nitrogens with zero attached hydrogens (tertiary/aromatic N) is 4. The van der Waals surface area contributed by atoms with E-state index in [0.29, 0.717) is 22.1 Å². The molecule has 3 aromatic heterocycles. The lowest BCUT2D eigenvalue weighted by Crippen LogP contribution is -2.36. The van der Waals surface area contributed by atoms with Crippen molar-refractivity contribution >= 4 is 34.4 Å². The van der Waals surface area contributed by atoms with Gasteiger partial charge in [-0.1, -0.05) is 43.2 Å². The summed E-state index contributed by atoms with van der Waals surface area (Å²) in [7, 11) is 0. The Morgan fingerprint density at radius 2 is 2.17 bits per heavy atom. The van der Waals surface area contributed by atoms with Gasteiger partial charge < -0.3 is 15.2 Å². The average Bonchev–Trinajstić information content (AvgIpc) is 3.27. The molecule has 35 heavy (non-hydrogen) atoms. The van der Waals surface area contributed by atoms with Gasteiger partial charge in [0.05, 0.1) is 17.3 Å². The first kappa shape index (κ1) is 24.6. The molecule has 0 bridgehead atoms. The van der Waals surface area contributed by atoms with Gasteiger partial charge in [0, 0.05) is 35.6 Å². The van der Waals surface area contributed by atoms with Crippen molar-refractivity contribution in [2.24, 2.45) is 0 Å². The third-order valence-corrected chi connectivity index (χ3v) is 6.09. The Hall–Kier alpha value is -3.52. The predicted octanol–water partition coefficient (Wildman–Crippen LogP) is 6.03. The van der Waals surface area contributed by atoms with Gasteiger partial charge in [-0.2, -0.15) is 0 Å². The highest BCUT2D eigenvalue weighted by Crippen LogP contribution is 2.29. The fraction of sp³-hybridized carbons (Fsp3) is 0.308. The molecule has 3 aromatic rings. The average molecular weight is 495 g/mol. The van der Waals surface area contributed by atoms with Crippen molar-refractivity contribution in [3.05, 3.63) is 72.1 Å². The Balaban J connectivity index is 1.52. The summed E-state index contributed by atoms with van der Waals surface area (Å²) in [6.45, 7) is 3.91. The van der Waals surface area contributed by atoms with E-state index in [4.69, 9.17) is 11.6 Å². The molecule has 0 aromatic carbocycles. The Kier molecular flexibility index (Phi) is 7.92. The summed E-state index contributed by atoms with van der Waals surface area (Å²) in [5.41, 5.74) is 1.35. The van der Waals surface area contributed by atoms with Gasteiger partial charge in [0.2, 0.25) is 0 Å². The number of carbonyl (C=O) groups excluding carboxylic acids is 1. The van der Waals surface area contributed by atoms with Crippen LogP contribution in [-0.4, -0.2) is 42.8 Å². The lowest BCUT2D eigenvalue weighted by atomic mass is 10.00. The Morgan fingerprint density at radius 3 is 2.97 bits per heavy atom. The fourth-order valence-electron chi connectivity index (χ4n) is 4.20. The van der Waals surface area contributed by atoms with Crippen LogP contribution < -0.4 is 5.32 Å². The molecule has 7 nitrogen and oxygen atoms in total. The second kappa shape index (κ2) is 11.3. The zero-order valence-corrected chi connectivity index (χ0v) is 20.5. The van der Waals surface area contributed by atoms with E-state index in [9.17, 15) is 9.18 Å². The molecule has 0 radical (unpaired) electrons. The van der Waals surface area contributed by atoms with E-state index in [-0.39, 0.29) is 23.8 Å². The van der Waals surface area contributed by atoms with Crippen molar-refractivity contribution in [1.29, 1.82) is 0 Å². The minimum Gasteiger partial charge on any atom is -0.365 e. The highest BCUT2D eigenvalue weighted by molar-refractivity contribution is 6.31. The van der Waals surface area contributed by atoms with E-state index in [1.165, 1.54) is 6.20 Å². The van der Waals surface area contributed by atoms with Crippen molar-refractivity contribution in [2.45, 2.75) is 51.6 Å². The molecule has 0 fully saturated rings. The predicted molar refractivity (Wildman–Crippen MR) is 137 cm³/mol. The van der Waals surface area contributed by atoms with Gasteiger partial charge in [-0.25, -0.2) is 19.3 Å². The number of rotatable bonds is 9. The largest absolute Gasteiger partial charge is 0.365 e. The number of carbonyl (C=O) groups is 1. The minimum absolute atomic E-state index is 0.0192. The molecule has 0 spiro atoms. The Bertz CT molecular complexity index is 1280. The number of allylic oxidation sites excluding steroid dienone is 3. The first-order valence-electron chi connectivity index (χ1n) is 11.7. The van der Waals surface area contributed by atoms with Crippen LogP contribution in [0.5, 0.6) is 0 Å². The molecule has 2 atom stereocenters. The summed E-state index contributed by atoms with van der Waals surface area (Å²) in [5, 5.41) is 4.54. The number of aromatic nitrogens is 4. The molecule has 182 valence electrons. The maximum Gasteiger partial charge on any atom is 0.250 e. The normalized spacial score (nSPS) is 16.3. The summed E-state index contributed by atoms with van der Waals surface area (Å²) >= 11 is 6.11. The monoisotopic (exact) mass is 494 g/mol. The molecule has 2 N–H and O–H groups in total. The molecule has 0 saturated carbocycles. The standard InChI is InChI=1S/C26H28ClFN6O/c1-3-7-18(10-11-19-9-5-6-12-34(19)23(35)8-4-2)32-26-22(28)16-31-25(33-26)21-15-30-24-20(21)13-17(27)14-29-24/h4-6,8-9,12-16,18-19H,3,7,10-11H2,1-2H3,(H,29,30)(H,31,32,33)/t18?,19-/m1/s1. The number of H-pyrrole nitrogens is 1. The van der Waals surface area contributed by atoms with Crippen LogP contribution in [0.4, 0.5) is 10.2 Å². The number of hydrogen-bond donors (Lipinski definition) is 2. The Labute approximate surface area is 208 Å². The Morgan fingerprint density at radius 1 is 1.31 bits per heavy atom. The summed E-state index contributed by atoms with van der Waals surface area (Å²) in [6, 6.07) is 1.70. The quantitative estimate of drug-likeness (QED) is 0.355. The second-order valence-corrected chi connectivity index (χ2v) is 8.83. The van der Waals surface area contributed by atoms with Crippen molar-refractivity contribution < 1.29 is 9.18 Å². The third-order valence-electron chi connectivity index (χ3n) is 5.88. The van der Waals surface area contributed by atoms with E-state index in [1.54, 1.807) is 41.7 Å². The molecule has 1 aliphatic rings. The number of amides is 1. The van der Waals surface area contributed by atoms with Crippen LogP contribution in [0.1, 0.15) is 39.5 Å². The van der Waals surface area contributed by atoms with Crippen LogP contribution in [0.3, 0.4) is 0 Å². The van der Waals surface area contributed by atoms with Crippen LogP contribution in [0.2, 0.25) is 5.02 Å². The maximum atomic E-state index is 14.7. The van der Waals surface area contributed by atoms with Gasteiger partial charge in [-0.05, 0) is 44.4 Å². The second-order valence-electron chi connectivity index (χ2n) is 8.39. The van der Waals surface area contributed by atoms with Crippen LogP contribution >= 0.6 is 11.6 Å². The summed E-state index contributed by atoms with van der Waals surface area (Å²) < 4.78 is 14.7. The van der Waals surface area contributed by atoms with E-state index in [2.05, 4.69) is 32.2 Å². The number of anilines is 1. The number of nitrogens with one attached hydrogen (secondary N) is 2. The molecule has 0 aliphatic carbocycles. The van der Waals surface area contributed by atoms with Gasteiger partial charge in [0.25, 0.3) is 5.91 Å². The lowest BCUT2D eigenvalue weighted by Gasteiger charge is -2.29. The zero-order valence-electron chi connectivity index (χ0n) is 19.7. The SMILES string of the molecule is CC=CC(=O)N1C=CC=C[C@@H]1CCC(CCC)Nc1nc(-c2c[nH]c3ncc(Cl)cc23)ncc1F. The number of pyridine rings is 1. The molecule has 4 heterocycles. The van der Waals surface area contributed by atoms with Gasteiger partial charge >= 0.3 is 0 Å². The van der Waals surface area contributed by atoms with E-state index < -0.39 is 5.82 Å². The van der Waals surface area contributed by atoms with Crippen LogP contribution in [-0.2, 0) is 4.79 Å².